The Morgan fingerprint density at radius 2 is 2.00 bits per heavy atom. The summed E-state index contributed by atoms with van der Waals surface area (Å²) < 4.78 is 32.1. The average Bonchev–Trinajstić information content (AvgIpc) is 3.24. The van der Waals surface area contributed by atoms with Gasteiger partial charge in [-0.05, 0) is 43.3 Å². The molecule has 0 bridgehead atoms. The van der Waals surface area contributed by atoms with Crippen LogP contribution in [0.25, 0.3) is 0 Å². The Morgan fingerprint density at radius 3 is 2.56 bits per heavy atom. The predicted molar refractivity (Wildman–Crippen MR) is 102 cm³/mol. The van der Waals surface area contributed by atoms with Crippen molar-refractivity contribution in [2.75, 3.05) is 39.8 Å². The fourth-order valence-electron chi connectivity index (χ4n) is 3.23. The summed E-state index contributed by atoms with van der Waals surface area (Å²) in [6, 6.07) is 2.05. The summed E-state index contributed by atoms with van der Waals surface area (Å²) in [6.07, 6.45) is 0. The minimum Gasteiger partial charge on any atom is -0.360 e. The van der Waals surface area contributed by atoms with Crippen LogP contribution in [-0.4, -0.2) is 73.4 Å². The van der Waals surface area contributed by atoms with Crippen LogP contribution in [0, 0.1) is 13.8 Å². The highest BCUT2D eigenvalue weighted by Gasteiger charge is 2.34. The van der Waals surface area contributed by atoms with Gasteiger partial charge in [0.25, 0.3) is 0 Å². The van der Waals surface area contributed by atoms with Crippen LogP contribution in [0.15, 0.2) is 26.2 Å². The molecule has 0 spiro atoms. The highest BCUT2D eigenvalue weighted by Crippen LogP contribution is 2.24. The minimum atomic E-state index is -3.66. The molecule has 1 saturated heterocycles. The Kier molecular flexibility index (Phi) is 5.99. The van der Waals surface area contributed by atoms with Gasteiger partial charge in [0.2, 0.25) is 15.9 Å². The molecule has 0 atom stereocenters. The second-order valence-corrected chi connectivity index (χ2v) is 9.40. The maximum absolute atomic E-state index is 12.8. The Morgan fingerprint density at radius 1 is 1.30 bits per heavy atom. The molecule has 148 valence electrons. The number of carbonyl (C=O) groups is 1. The van der Waals surface area contributed by atoms with Gasteiger partial charge in [-0.3, -0.25) is 9.69 Å². The molecule has 27 heavy (non-hydrogen) atoms. The molecular formula is C17H24N4O4S2. The van der Waals surface area contributed by atoms with Gasteiger partial charge in [0.1, 0.15) is 10.6 Å². The van der Waals surface area contributed by atoms with Gasteiger partial charge in [0, 0.05) is 32.7 Å². The Balaban J connectivity index is 1.56. The number of sulfonamides is 1. The van der Waals surface area contributed by atoms with Crippen molar-refractivity contribution in [2.45, 2.75) is 25.3 Å². The number of carbonyl (C=O) groups excluding carboxylic acids is 1. The Hall–Kier alpha value is -1.75. The van der Waals surface area contributed by atoms with E-state index in [1.165, 1.54) is 9.87 Å². The molecule has 10 heteroatoms. The Bertz CT molecular complexity index is 865. The van der Waals surface area contributed by atoms with Crippen LogP contribution in [0.2, 0.25) is 0 Å². The quantitative estimate of drug-likeness (QED) is 0.711. The number of aromatic nitrogens is 1. The first kappa shape index (κ1) is 20.0. The molecule has 2 aromatic heterocycles. The number of aryl methyl sites for hydroxylation is 2. The van der Waals surface area contributed by atoms with Crippen LogP contribution in [0.1, 0.15) is 17.0 Å². The molecule has 1 amide bonds. The van der Waals surface area contributed by atoms with Gasteiger partial charge < -0.3 is 9.42 Å². The molecule has 0 aliphatic carbocycles. The number of likely N-dealkylation sites (N-methyl/N-ethyl adjacent to an activating group) is 1. The number of hydrogen-bond acceptors (Lipinski definition) is 7. The highest BCUT2D eigenvalue weighted by atomic mass is 32.2. The van der Waals surface area contributed by atoms with Crippen LogP contribution in [0.5, 0.6) is 0 Å². The smallest absolute Gasteiger partial charge is 0.248 e. The fourth-order valence-corrected chi connectivity index (χ4v) is 5.60. The fraction of sp³-hybridized carbons (Fsp3) is 0.529. The van der Waals surface area contributed by atoms with Crippen molar-refractivity contribution in [1.82, 2.24) is 19.3 Å². The molecule has 3 rings (SSSR count). The third-order valence-electron chi connectivity index (χ3n) is 4.59. The van der Waals surface area contributed by atoms with E-state index in [4.69, 9.17) is 4.52 Å². The summed E-state index contributed by atoms with van der Waals surface area (Å²) in [5.74, 6) is 0.308. The van der Waals surface area contributed by atoms with E-state index >= 15 is 0 Å². The van der Waals surface area contributed by atoms with Crippen molar-refractivity contribution >= 4 is 27.3 Å². The van der Waals surface area contributed by atoms with E-state index in [0.29, 0.717) is 31.1 Å². The molecule has 2 aromatic rings. The molecule has 0 unspecified atom stereocenters. The van der Waals surface area contributed by atoms with E-state index in [2.05, 4.69) is 10.5 Å². The zero-order chi connectivity index (χ0) is 19.6. The second kappa shape index (κ2) is 8.09. The van der Waals surface area contributed by atoms with E-state index in [9.17, 15) is 13.2 Å². The van der Waals surface area contributed by atoms with Crippen LogP contribution < -0.4 is 0 Å². The topological polar surface area (TPSA) is 87.0 Å². The van der Waals surface area contributed by atoms with Gasteiger partial charge >= 0.3 is 0 Å². The van der Waals surface area contributed by atoms with Crippen molar-refractivity contribution in [2.24, 2.45) is 0 Å². The van der Waals surface area contributed by atoms with Gasteiger partial charge in [-0.1, -0.05) is 5.16 Å². The van der Waals surface area contributed by atoms with Crippen molar-refractivity contribution < 1.29 is 17.7 Å². The number of nitrogens with zero attached hydrogens (tertiary/aromatic N) is 4. The van der Waals surface area contributed by atoms with Crippen LogP contribution in [-0.2, 0) is 21.4 Å². The first-order valence-corrected chi connectivity index (χ1v) is 11.1. The number of piperazine rings is 1. The first-order valence-electron chi connectivity index (χ1n) is 8.69. The highest BCUT2D eigenvalue weighted by molar-refractivity contribution is 7.89. The number of rotatable bonds is 6. The number of hydrogen-bond donors (Lipinski definition) is 0. The van der Waals surface area contributed by atoms with Crippen LogP contribution in [0.3, 0.4) is 0 Å². The van der Waals surface area contributed by atoms with E-state index < -0.39 is 10.0 Å². The largest absolute Gasteiger partial charge is 0.360 e. The molecule has 8 nitrogen and oxygen atoms in total. The van der Waals surface area contributed by atoms with Crippen LogP contribution in [0.4, 0.5) is 0 Å². The lowest BCUT2D eigenvalue weighted by Crippen LogP contribution is -2.52. The van der Waals surface area contributed by atoms with E-state index in [-0.39, 0.29) is 23.9 Å². The molecule has 1 aliphatic rings. The van der Waals surface area contributed by atoms with Gasteiger partial charge in [-0.15, -0.1) is 0 Å². The average molecular weight is 413 g/mol. The lowest BCUT2D eigenvalue weighted by atomic mass is 10.3. The molecule has 0 radical (unpaired) electrons. The standard InChI is InChI=1S/C17H24N4O4S2/c1-13-17(14(2)25-18-13)27(23,24)21-7-5-20(6-8-21)16(22)11-19(3)10-15-4-9-26-12-15/h4,9,12H,5-8,10-11H2,1-3H3. The second-order valence-electron chi connectivity index (χ2n) is 6.74. The lowest BCUT2D eigenvalue weighted by Gasteiger charge is -2.34. The molecule has 0 saturated carbocycles. The van der Waals surface area contributed by atoms with E-state index in [1.807, 2.05) is 23.4 Å². The van der Waals surface area contributed by atoms with Gasteiger partial charge in [-0.2, -0.15) is 15.6 Å². The molecule has 1 aliphatic heterocycles. The zero-order valence-electron chi connectivity index (χ0n) is 15.7. The third-order valence-corrected chi connectivity index (χ3v) is 7.47. The van der Waals surface area contributed by atoms with Gasteiger partial charge in [0.15, 0.2) is 5.76 Å². The monoisotopic (exact) mass is 412 g/mol. The predicted octanol–water partition coefficient (Wildman–Crippen LogP) is 1.32. The molecule has 0 aromatic carbocycles. The number of amides is 1. The summed E-state index contributed by atoms with van der Waals surface area (Å²) in [5.41, 5.74) is 1.55. The van der Waals surface area contributed by atoms with Gasteiger partial charge in [0.05, 0.1) is 6.54 Å². The van der Waals surface area contributed by atoms with E-state index in [0.717, 1.165) is 6.54 Å². The zero-order valence-corrected chi connectivity index (χ0v) is 17.3. The lowest BCUT2D eigenvalue weighted by molar-refractivity contribution is -0.133. The Labute approximate surface area is 163 Å². The van der Waals surface area contributed by atoms with Crippen molar-refractivity contribution in [3.8, 4) is 0 Å². The number of thiophene rings is 1. The van der Waals surface area contributed by atoms with Crippen molar-refractivity contribution in [3.05, 3.63) is 33.8 Å². The normalized spacial score (nSPS) is 16.2. The summed E-state index contributed by atoms with van der Waals surface area (Å²) in [7, 11) is -1.75. The maximum Gasteiger partial charge on any atom is 0.248 e. The first-order chi connectivity index (χ1) is 12.8. The summed E-state index contributed by atoms with van der Waals surface area (Å²) >= 11 is 1.64. The minimum absolute atomic E-state index is 0.0158. The summed E-state index contributed by atoms with van der Waals surface area (Å²) in [5, 5.41) is 7.82. The van der Waals surface area contributed by atoms with Crippen LogP contribution >= 0.6 is 11.3 Å². The molecule has 1 fully saturated rings. The molecular weight excluding hydrogens is 388 g/mol. The SMILES string of the molecule is Cc1noc(C)c1S(=O)(=O)N1CCN(C(=O)CN(C)Cc2ccsc2)CC1. The summed E-state index contributed by atoms with van der Waals surface area (Å²) in [6.45, 7) is 5.55. The third kappa shape index (κ3) is 4.40. The molecule has 0 N–H and O–H groups in total. The van der Waals surface area contributed by atoms with E-state index in [1.54, 1.807) is 30.1 Å². The summed E-state index contributed by atoms with van der Waals surface area (Å²) in [4.78, 5) is 16.4. The molecule has 3 heterocycles. The van der Waals surface area contributed by atoms with Gasteiger partial charge in [-0.25, -0.2) is 8.42 Å². The van der Waals surface area contributed by atoms with Crippen molar-refractivity contribution in [1.29, 1.82) is 0 Å². The van der Waals surface area contributed by atoms with Crippen molar-refractivity contribution in [3.63, 3.8) is 0 Å². The maximum atomic E-state index is 12.8.